The van der Waals surface area contributed by atoms with Crippen LogP contribution in [0.3, 0.4) is 0 Å². The van der Waals surface area contributed by atoms with Crippen LogP contribution in [0.1, 0.15) is 5.56 Å². The number of benzene rings is 4. The Labute approximate surface area is 158 Å². The van der Waals surface area contributed by atoms with Gasteiger partial charge < -0.3 is 9.73 Å². The lowest BCUT2D eigenvalue weighted by Crippen LogP contribution is -1.93. The molecule has 27 heavy (non-hydrogen) atoms. The van der Waals surface area contributed by atoms with Gasteiger partial charge >= 0.3 is 0 Å². The van der Waals surface area contributed by atoms with Crippen LogP contribution in [0.15, 0.2) is 95.4 Å². The maximum atomic E-state index is 6.07. The van der Waals surface area contributed by atoms with E-state index >= 15 is 0 Å². The average Bonchev–Trinajstić information content (AvgIpc) is 3.06. The third kappa shape index (κ3) is 2.85. The zero-order valence-corrected chi connectivity index (χ0v) is 15.1. The first-order valence-corrected chi connectivity index (χ1v) is 9.12. The minimum atomic E-state index is 0.916. The van der Waals surface area contributed by atoms with E-state index in [1.54, 1.807) is 0 Å². The van der Waals surface area contributed by atoms with E-state index in [9.17, 15) is 0 Å². The van der Waals surface area contributed by atoms with Crippen LogP contribution >= 0.6 is 0 Å². The molecule has 0 spiro atoms. The maximum Gasteiger partial charge on any atom is 0.136 e. The fourth-order valence-electron chi connectivity index (χ4n) is 3.62. The summed E-state index contributed by atoms with van der Waals surface area (Å²) in [6.07, 6.45) is 0. The first-order chi connectivity index (χ1) is 13.3. The number of fused-ring (bicyclic) bond motifs is 3. The van der Waals surface area contributed by atoms with Crippen LogP contribution < -0.4 is 5.32 Å². The van der Waals surface area contributed by atoms with Crippen LogP contribution in [0.4, 0.5) is 11.4 Å². The van der Waals surface area contributed by atoms with Gasteiger partial charge in [0.2, 0.25) is 0 Å². The fraction of sp³-hybridized carbons (Fsp3) is 0.0400. The maximum absolute atomic E-state index is 6.07. The van der Waals surface area contributed by atoms with Crippen molar-refractivity contribution in [1.82, 2.24) is 0 Å². The van der Waals surface area contributed by atoms with E-state index in [-0.39, 0.29) is 0 Å². The molecule has 0 aliphatic carbocycles. The third-order valence-electron chi connectivity index (χ3n) is 4.91. The Morgan fingerprint density at radius 1 is 0.667 bits per heavy atom. The lowest BCUT2D eigenvalue weighted by atomic mass is 10.0. The zero-order chi connectivity index (χ0) is 18.2. The van der Waals surface area contributed by atoms with Crippen molar-refractivity contribution in [3.05, 3.63) is 96.6 Å². The molecule has 2 nitrogen and oxygen atoms in total. The van der Waals surface area contributed by atoms with Crippen molar-refractivity contribution in [2.45, 2.75) is 6.92 Å². The smallest absolute Gasteiger partial charge is 0.136 e. The largest absolute Gasteiger partial charge is 0.456 e. The van der Waals surface area contributed by atoms with Crippen LogP contribution in [0, 0.1) is 6.92 Å². The van der Waals surface area contributed by atoms with E-state index in [1.165, 1.54) is 5.56 Å². The summed E-state index contributed by atoms with van der Waals surface area (Å²) in [4.78, 5) is 0. The first kappa shape index (κ1) is 15.7. The second-order valence-corrected chi connectivity index (χ2v) is 6.85. The number of aryl methyl sites for hydroxylation is 1. The van der Waals surface area contributed by atoms with E-state index < -0.39 is 0 Å². The van der Waals surface area contributed by atoms with E-state index in [1.807, 2.05) is 18.2 Å². The van der Waals surface area contributed by atoms with Crippen molar-refractivity contribution in [2.24, 2.45) is 0 Å². The molecule has 1 aromatic heterocycles. The monoisotopic (exact) mass is 349 g/mol. The lowest BCUT2D eigenvalue weighted by Gasteiger charge is -2.13. The van der Waals surface area contributed by atoms with Gasteiger partial charge in [-0.05, 0) is 54.4 Å². The fourth-order valence-corrected chi connectivity index (χ4v) is 3.62. The minimum Gasteiger partial charge on any atom is -0.456 e. The molecule has 4 aromatic carbocycles. The molecule has 5 aromatic rings. The molecule has 0 amide bonds. The van der Waals surface area contributed by atoms with Gasteiger partial charge in [-0.25, -0.2) is 0 Å². The SMILES string of the molecule is Cc1cccc(Nc2ccccc2-c2ccc3c(c2)oc2ccccc23)c1. The molecule has 1 N–H and O–H groups in total. The quantitative estimate of drug-likeness (QED) is 0.369. The summed E-state index contributed by atoms with van der Waals surface area (Å²) < 4.78 is 6.07. The molecule has 0 fully saturated rings. The predicted octanol–water partition coefficient (Wildman–Crippen LogP) is 7.31. The Morgan fingerprint density at radius 2 is 1.48 bits per heavy atom. The Balaban J connectivity index is 1.61. The molecule has 0 unspecified atom stereocenters. The number of para-hydroxylation sites is 2. The van der Waals surface area contributed by atoms with E-state index in [0.717, 1.165) is 44.4 Å². The van der Waals surface area contributed by atoms with Crippen LogP contribution in [0.25, 0.3) is 33.1 Å². The molecule has 0 bridgehead atoms. The Hall–Kier alpha value is -3.52. The molecule has 130 valence electrons. The Morgan fingerprint density at radius 3 is 2.41 bits per heavy atom. The van der Waals surface area contributed by atoms with Gasteiger partial charge in [0.05, 0.1) is 0 Å². The van der Waals surface area contributed by atoms with Crippen molar-refractivity contribution in [3.8, 4) is 11.1 Å². The van der Waals surface area contributed by atoms with Gasteiger partial charge in [0.25, 0.3) is 0 Å². The highest BCUT2D eigenvalue weighted by molar-refractivity contribution is 6.06. The molecule has 0 saturated heterocycles. The Kier molecular flexibility index (Phi) is 3.68. The number of hydrogen-bond acceptors (Lipinski definition) is 2. The van der Waals surface area contributed by atoms with Crippen LogP contribution in [0.2, 0.25) is 0 Å². The summed E-state index contributed by atoms with van der Waals surface area (Å²) >= 11 is 0. The molecule has 5 rings (SSSR count). The van der Waals surface area contributed by atoms with Gasteiger partial charge in [0, 0.05) is 27.7 Å². The zero-order valence-electron chi connectivity index (χ0n) is 15.1. The Bertz CT molecular complexity index is 1270. The summed E-state index contributed by atoms with van der Waals surface area (Å²) in [7, 11) is 0. The topological polar surface area (TPSA) is 25.2 Å². The van der Waals surface area contributed by atoms with Crippen LogP contribution in [0.5, 0.6) is 0 Å². The molecule has 0 atom stereocenters. The first-order valence-electron chi connectivity index (χ1n) is 9.12. The highest BCUT2D eigenvalue weighted by Crippen LogP contribution is 2.35. The second-order valence-electron chi connectivity index (χ2n) is 6.85. The molecular formula is C25H19NO. The van der Waals surface area contributed by atoms with Crippen molar-refractivity contribution in [2.75, 3.05) is 5.32 Å². The van der Waals surface area contributed by atoms with Crippen molar-refractivity contribution in [3.63, 3.8) is 0 Å². The van der Waals surface area contributed by atoms with Gasteiger partial charge in [0.15, 0.2) is 0 Å². The highest BCUT2D eigenvalue weighted by Gasteiger charge is 2.10. The van der Waals surface area contributed by atoms with Gasteiger partial charge in [-0.1, -0.05) is 54.6 Å². The number of anilines is 2. The summed E-state index contributed by atoms with van der Waals surface area (Å²) in [6, 6.07) is 31.4. The molecule has 1 heterocycles. The summed E-state index contributed by atoms with van der Waals surface area (Å²) in [6.45, 7) is 2.10. The summed E-state index contributed by atoms with van der Waals surface area (Å²) in [5.41, 5.74) is 7.54. The van der Waals surface area contributed by atoms with Gasteiger partial charge in [-0.15, -0.1) is 0 Å². The minimum absolute atomic E-state index is 0.916. The van der Waals surface area contributed by atoms with Crippen LogP contribution in [-0.2, 0) is 0 Å². The van der Waals surface area contributed by atoms with Crippen molar-refractivity contribution >= 4 is 33.3 Å². The molecule has 2 heteroatoms. The van der Waals surface area contributed by atoms with Gasteiger partial charge in [-0.3, -0.25) is 0 Å². The van der Waals surface area contributed by atoms with Gasteiger partial charge in [0.1, 0.15) is 11.2 Å². The van der Waals surface area contributed by atoms with E-state index in [0.29, 0.717) is 0 Å². The van der Waals surface area contributed by atoms with Crippen molar-refractivity contribution in [1.29, 1.82) is 0 Å². The number of nitrogens with one attached hydrogen (secondary N) is 1. The lowest BCUT2D eigenvalue weighted by molar-refractivity contribution is 0.669. The number of furan rings is 1. The normalized spacial score (nSPS) is 11.1. The predicted molar refractivity (Wildman–Crippen MR) is 114 cm³/mol. The summed E-state index contributed by atoms with van der Waals surface area (Å²) in [5.74, 6) is 0. The number of rotatable bonds is 3. The molecular weight excluding hydrogens is 330 g/mol. The molecule has 0 radical (unpaired) electrons. The third-order valence-corrected chi connectivity index (χ3v) is 4.91. The van der Waals surface area contributed by atoms with Gasteiger partial charge in [-0.2, -0.15) is 0 Å². The van der Waals surface area contributed by atoms with E-state index in [2.05, 4.69) is 85.0 Å². The average molecular weight is 349 g/mol. The van der Waals surface area contributed by atoms with Crippen molar-refractivity contribution < 1.29 is 4.42 Å². The highest BCUT2D eigenvalue weighted by atomic mass is 16.3. The number of hydrogen-bond donors (Lipinski definition) is 1. The molecule has 0 aliphatic rings. The van der Waals surface area contributed by atoms with E-state index in [4.69, 9.17) is 4.42 Å². The van der Waals surface area contributed by atoms with Crippen LogP contribution in [-0.4, -0.2) is 0 Å². The standard InChI is InChI=1S/C25H19NO/c1-17-7-6-8-19(15-17)26-23-11-4-2-9-20(23)18-13-14-22-21-10-3-5-12-24(21)27-25(22)16-18/h2-16,26H,1H3. The summed E-state index contributed by atoms with van der Waals surface area (Å²) in [5, 5.41) is 5.86. The molecule has 0 saturated carbocycles. The molecule has 0 aliphatic heterocycles. The second kappa shape index (κ2) is 6.33.